The van der Waals surface area contributed by atoms with Gasteiger partial charge in [-0.25, -0.2) is 9.59 Å². The van der Waals surface area contributed by atoms with Crippen molar-refractivity contribution in [2.24, 2.45) is 5.73 Å². The summed E-state index contributed by atoms with van der Waals surface area (Å²) in [5, 5.41) is 9.49. The zero-order valence-electron chi connectivity index (χ0n) is 13.9. The normalized spacial score (nSPS) is 16.8. The monoisotopic (exact) mass is 342 g/mol. The third-order valence-corrected chi connectivity index (χ3v) is 3.51. The lowest BCUT2D eigenvalue weighted by molar-refractivity contribution is -0.145. The number of carbonyl (C=O) groups excluding carboxylic acids is 2. The number of nitrogens with zero attached hydrogens (tertiary/aromatic N) is 1. The van der Waals surface area contributed by atoms with Gasteiger partial charge in [0.15, 0.2) is 0 Å². The number of esters is 2. The Hall–Kier alpha value is -3.27. The first-order valence-electron chi connectivity index (χ1n) is 7.76. The predicted molar refractivity (Wildman–Crippen MR) is 87.4 cm³/mol. The Labute approximate surface area is 145 Å². The maximum Gasteiger partial charge on any atom is 0.374 e. The standard InChI is InChI=1S/C18H18N2O5/c1-3-23-17(21)14-13(11-8-6-5-7-9-11)12(10-19)16(20)25-15(14)18(22)24-4-2/h5-9,13H,3-4,20H2,1-2H3/t13-/m0/s1. The summed E-state index contributed by atoms with van der Waals surface area (Å²) in [5.41, 5.74) is 6.36. The minimum Gasteiger partial charge on any atom is -0.462 e. The summed E-state index contributed by atoms with van der Waals surface area (Å²) >= 11 is 0. The van der Waals surface area contributed by atoms with Crippen LogP contribution in [0, 0.1) is 11.3 Å². The van der Waals surface area contributed by atoms with Crippen molar-refractivity contribution in [2.75, 3.05) is 13.2 Å². The van der Waals surface area contributed by atoms with E-state index < -0.39 is 17.9 Å². The molecule has 7 heteroatoms. The van der Waals surface area contributed by atoms with Crippen LogP contribution in [0.5, 0.6) is 0 Å². The molecular weight excluding hydrogens is 324 g/mol. The van der Waals surface area contributed by atoms with Gasteiger partial charge in [-0.1, -0.05) is 30.3 Å². The Bertz CT molecular complexity index is 774. The quantitative estimate of drug-likeness (QED) is 0.813. The Morgan fingerprint density at radius 1 is 1.16 bits per heavy atom. The van der Waals surface area contributed by atoms with E-state index in [1.165, 1.54) is 0 Å². The number of nitrogens with two attached hydrogens (primary N) is 1. The van der Waals surface area contributed by atoms with Crippen LogP contribution in [-0.2, 0) is 23.8 Å². The summed E-state index contributed by atoms with van der Waals surface area (Å²) in [6.45, 7) is 3.45. The van der Waals surface area contributed by atoms with Gasteiger partial charge >= 0.3 is 11.9 Å². The minimum absolute atomic E-state index is 0.0299. The van der Waals surface area contributed by atoms with Gasteiger partial charge in [-0.2, -0.15) is 5.26 Å². The summed E-state index contributed by atoms with van der Waals surface area (Å²) < 4.78 is 15.3. The summed E-state index contributed by atoms with van der Waals surface area (Å²) in [6, 6.07) is 10.7. The maximum atomic E-state index is 12.5. The molecule has 25 heavy (non-hydrogen) atoms. The number of nitriles is 1. The Morgan fingerprint density at radius 2 is 1.76 bits per heavy atom. The molecule has 1 heterocycles. The molecule has 1 aromatic carbocycles. The molecule has 1 aliphatic heterocycles. The molecule has 1 aliphatic rings. The fourth-order valence-electron chi connectivity index (χ4n) is 2.50. The van der Waals surface area contributed by atoms with Gasteiger partial charge in [0.25, 0.3) is 0 Å². The lowest BCUT2D eigenvalue weighted by atomic mass is 9.83. The fraction of sp³-hybridized carbons (Fsp3) is 0.278. The molecule has 0 bridgehead atoms. The molecule has 0 unspecified atom stereocenters. The number of ether oxygens (including phenoxy) is 3. The van der Waals surface area contributed by atoms with Crippen molar-refractivity contribution in [3.8, 4) is 6.07 Å². The molecule has 0 saturated heterocycles. The van der Waals surface area contributed by atoms with Gasteiger partial charge < -0.3 is 19.9 Å². The highest BCUT2D eigenvalue weighted by Crippen LogP contribution is 2.39. The molecule has 2 rings (SSSR count). The summed E-state index contributed by atoms with van der Waals surface area (Å²) in [7, 11) is 0. The molecule has 0 aliphatic carbocycles. The molecule has 0 amide bonds. The van der Waals surface area contributed by atoms with Crippen LogP contribution < -0.4 is 5.73 Å². The number of benzene rings is 1. The molecule has 2 N–H and O–H groups in total. The van der Waals surface area contributed by atoms with Crippen LogP contribution in [0.1, 0.15) is 25.3 Å². The summed E-state index contributed by atoms with van der Waals surface area (Å²) in [5.74, 6) is -3.08. The fourth-order valence-corrected chi connectivity index (χ4v) is 2.50. The number of allylic oxidation sites excluding steroid dienone is 1. The molecule has 130 valence electrons. The SMILES string of the molecule is CCOC(=O)C1=C(C(=O)OCC)[C@@H](c2ccccc2)C(C#N)=C(N)O1. The van der Waals surface area contributed by atoms with Crippen molar-refractivity contribution >= 4 is 11.9 Å². The topological polar surface area (TPSA) is 112 Å². The van der Waals surface area contributed by atoms with Gasteiger partial charge in [-0.05, 0) is 19.4 Å². The van der Waals surface area contributed by atoms with Crippen molar-refractivity contribution in [1.82, 2.24) is 0 Å². The highest BCUT2D eigenvalue weighted by Gasteiger charge is 2.40. The zero-order valence-corrected chi connectivity index (χ0v) is 13.9. The van der Waals surface area contributed by atoms with Crippen molar-refractivity contribution in [3.63, 3.8) is 0 Å². The van der Waals surface area contributed by atoms with E-state index in [0.717, 1.165) is 0 Å². The summed E-state index contributed by atoms with van der Waals surface area (Å²) in [6.07, 6.45) is 0. The lowest BCUT2D eigenvalue weighted by Gasteiger charge is -2.27. The highest BCUT2D eigenvalue weighted by molar-refractivity contribution is 6.01. The van der Waals surface area contributed by atoms with E-state index in [1.807, 2.05) is 6.07 Å². The Morgan fingerprint density at radius 3 is 2.32 bits per heavy atom. The highest BCUT2D eigenvalue weighted by atomic mass is 16.6. The zero-order chi connectivity index (χ0) is 18.4. The van der Waals surface area contributed by atoms with Gasteiger partial charge in [-0.3, -0.25) is 0 Å². The second-order valence-corrected chi connectivity index (χ2v) is 5.02. The largest absolute Gasteiger partial charge is 0.462 e. The van der Waals surface area contributed by atoms with Crippen molar-refractivity contribution in [3.05, 3.63) is 58.7 Å². The van der Waals surface area contributed by atoms with Gasteiger partial charge in [0.05, 0.1) is 19.1 Å². The van der Waals surface area contributed by atoms with Crippen LogP contribution in [-0.4, -0.2) is 25.2 Å². The van der Waals surface area contributed by atoms with E-state index in [-0.39, 0.29) is 36.0 Å². The molecule has 0 saturated carbocycles. The van der Waals surface area contributed by atoms with Gasteiger partial charge in [0.2, 0.25) is 11.6 Å². The van der Waals surface area contributed by atoms with Crippen LogP contribution in [0.3, 0.4) is 0 Å². The van der Waals surface area contributed by atoms with Gasteiger partial charge in [0.1, 0.15) is 17.2 Å². The predicted octanol–water partition coefficient (Wildman–Crippen LogP) is 1.87. The van der Waals surface area contributed by atoms with E-state index in [1.54, 1.807) is 44.2 Å². The molecule has 1 aromatic rings. The van der Waals surface area contributed by atoms with E-state index in [9.17, 15) is 14.9 Å². The first kappa shape index (κ1) is 18.1. The Balaban J connectivity index is 2.69. The van der Waals surface area contributed by atoms with E-state index >= 15 is 0 Å². The van der Waals surface area contributed by atoms with Crippen LogP contribution in [0.2, 0.25) is 0 Å². The number of carbonyl (C=O) groups is 2. The molecule has 0 aromatic heterocycles. The summed E-state index contributed by atoms with van der Waals surface area (Å²) in [4.78, 5) is 24.8. The molecule has 1 atom stereocenters. The van der Waals surface area contributed by atoms with Crippen molar-refractivity contribution in [2.45, 2.75) is 19.8 Å². The third kappa shape index (κ3) is 3.63. The van der Waals surface area contributed by atoms with Crippen LogP contribution >= 0.6 is 0 Å². The first-order chi connectivity index (χ1) is 12.0. The number of rotatable bonds is 5. The molecule has 7 nitrogen and oxygen atoms in total. The van der Waals surface area contributed by atoms with Crippen LogP contribution in [0.15, 0.2) is 53.1 Å². The number of hydrogen-bond donors (Lipinski definition) is 1. The second kappa shape index (κ2) is 8.02. The lowest BCUT2D eigenvalue weighted by Crippen LogP contribution is -2.29. The average molecular weight is 342 g/mol. The van der Waals surface area contributed by atoms with Gasteiger partial charge in [0, 0.05) is 0 Å². The van der Waals surface area contributed by atoms with E-state index in [0.29, 0.717) is 5.56 Å². The van der Waals surface area contributed by atoms with Crippen molar-refractivity contribution in [1.29, 1.82) is 5.26 Å². The minimum atomic E-state index is -0.876. The maximum absolute atomic E-state index is 12.5. The first-order valence-corrected chi connectivity index (χ1v) is 7.76. The number of hydrogen-bond acceptors (Lipinski definition) is 7. The van der Waals surface area contributed by atoms with Crippen LogP contribution in [0.25, 0.3) is 0 Å². The van der Waals surface area contributed by atoms with E-state index in [4.69, 9.17) is 19.9 Å². The van der Waals surface area contributed by atoms with E-state index in [2.05, 4.69) is 0 Å². The second-order valence-electron chi connectivity index (χ2n) is 5.02. The molecule has 0 spiro atoms. The molecular formula is C18H18N2O5. The average Bonchev–Trinajstić information content (AvgIpc) is 2.61. The molecule has 0 radical (unpaired) electrons. The van der Waals surface area contributed by atoms with Crippen LogP contribution in [0.4, 0.5) is 0 Å². The third-order valence-electron chi connectivity index (χ3n) is 3.51. The molecule has 0 fully saturated rings. The Kier molecular flexibility index (Phi) is 5.79. The smallest absolute Gasteiger partial charge is 0.374 e. The van der Waals surface area contributed by atoms with Crippen molar-refractivity contribution < 1.29 is 23.8 Å². The van der Waals surface area contributed by atoms with Gasteiger partial charge in [-0.15, -0.1) is 0 Å².